The number of allylic oxidation sites excluding steroid dienone is 1. The average Bonchev–Trinajstić information content (AvgIpc) is 2.92. The minimum atomic E-state index is -2.72. The molecule has 0 aliphatic heterocycles. The molecule has 5 atom stereocenters. The fourth-order valence-corrected chi connectivity index (χ4v) is 7.53. The van der Waals surface area contributed by atoms with E-state index in [2.05, 4.69) is 10.6 Å². The number of aliphatic hydroxyl groups is 3. The lowest BCUT2D eigenvalue weighted by atomic mass is 9.56. The summed E-state index contributed by atoms with van der Waals surface area (Å²) >= 11 is 1.50. The number of nitrogen functional groups attached to an aromatic ring is 1. The Hall–Kier alpha value is -4.00. The summed E-state index contributed by atoms with van der Waals surface area (Å²) in [7, 11) is 3.13. The molecule has 210 valence electrons. The fourth-order valence-electron chi connectivity index (χ4n) is 6.41. The third-order valence-corrected chi connectivity index (χ3v) is 9.39. The number of hydrogen-bond donors (Lipinski definition) is 8. The molecule has 3 aliphatic rings. The molecular weight excluding hydrogens is 536 g/mol. The summed E-state index contributed by atoms with van der Waals surface area (Å²) in [5.41, 5.74) is 8.38. The molecule has 12 heteroatoms. The van der Waals surface area contributed by atoms with E-state index < -0.39 is 69.7 Å². The number of ketones is 2. The van der Waals surface area contributed by atoms with Crippen molar-refractivity contribution >= 4 is 40.6 Å². The Bertz CT molecular complexity index is 1510. The van der Waals surface area contributed by atoms with Gasteiger partial charge in [-0.2, -0.15) is 0 Å². The van der Waals surface area contributed by atoms with Crippen LogP contribution in [0, 0.1) is 11.8 Å². The van der Waals surface area contributed by atoms with Crippen molar-refractivity contribution < 1.29 is 34.8 Å². The summed E-state index contributed by atoms with van der Waals surface area (Å²) in [4.78, 5) is 40.5. The molecule has 40 heavy (non-hydrogen) atoms. The Balaban J connectivity index is 1.76. The number of carbonyl (C=O) groups excluding carboxylic acids is 3. The van der Waals surface area contributed by atoms with Gasteiger partial charge >= 0.3 is 0 Å². The van der Waals surface area contributed by atoms with Crippen LogP contribution in [-0.4, -0.2) is 69.4 Å². The highest BCUT2D eigenvalue weighted by Crippen LogP contribution is 2.57. The van der Waals surface area contributed by atoms with Gasteiger partial charge in [0.1, 0.15) is 22.8 Å². The molecule has 0 bridgehead atoms. The van der Waals surface area contributed by atoms with Crippen LogP contribution < -0.4 is 22.1 Å². The predicted molar refractivity (Wildman–Crippen MR) is 149 cm³/mol. The minimum absolute atomic E-state index is 0.0251. The second kappa shape index (κ2) is 9.88. The van der Waals surface area contributed by atoms with Crippen molar-refractivity contribution in [1.29, 1.82) is 0 Å². The number of aromatic hydroxyl groups is 1. The highest BCUT2D eigenvalue weighted by Gasteiger charge is 2.63. The second-order valence-corrected chi connectivity index (χ2v) is 11.3. The largest absolute Gasteiger partial charge is 0.510 e. The summed E-state index contributed by atoms with van der Waals surface area (Å²) in [6.07, 6.45) is -0.0251. The van der Waals surface area contributed by atoms with Gasteiger partial charge in [0.2, 0.25) is 5.78 Å². The second-order valence-electron chi connectivity index (χ2n) is 10.2. The minimum Gasteiger partial charge on any atom is -0.510 e. The van der Waals surface area contributed by atoms with E-state index in [-0.39, 0.29) is 23.2 Å². The molecule has 0 aromatic heterocycles. The monoisotopic (exact) mass is 566 g/mol. The number of aliphatic hydroxyl groups excluding tert-OH is 2. The number of carbonyl (C=O) groups is 3. The highest BCUT2D eigenvalue weighted by molar-refractivity contribution is 7.99. The Kier molecular flexibility index (Phi) is 6.81. The fraction of sp³-hybridized carbons (Fsp3) is 0.321. The van der Waals surface area contributed by atoms with Crippen molar-refractivity contribution in [1.82, 2.24) is 5.32 Å². The number of amides is 1. The molecule has 0 unspecified atom stereocenters. The molecule has 0 saturated heterocycles. The maximum atomic E-state index is 14.0. The van der Waals surface area contributed by atoms with Gasteiger partial charge in [-0.25, -0.2) is 0 Å². The number of nitrogens with one attached hydrogen (secondary N) is 2. The van der Waals surface area contributed by atoms with E-state index in [9.17, 15) is 34.8 Å². The van der Waals surface area contributed by atoms with Crippen LogP contribution in [0.3, 0.4) is 0 Å². The van der Waals surface area contributed by atoms with Gasteiger partial charge in [-0.3, -0.25) is 14.4 Å². The molecule has 0 heterocycles. The lowest BCUT2D eigenvalue weighted by Gasteiger charge is -2.50. The van der Waals surface area contributed by atoms with E-state index in [1.807, 2.05) is 30.3 Å². The molecule has 0 fully saturated rings. The number of primary amides is 1. The normalized spacial score (nSPS) is 27.7. The topological polar surface area (TPSA) is 208 Å². The van der Waals surface area contributed by atoms with E-state index in [4.69, 9.17) is 11.5 Å². The summed E-state index contributed by atoms with van der Waals surface area (Å²) in [6, 6.07) is 9.93. The number of thioether (sulfide) groups is 1. The summed E-state index contributed by atoms with van der Waals surface area (Å²) in [6.45, 7) is 0. The number of hydrogen-bond acceptors (Lipinski definition) is 11. The van der Waals surface area contributed by atoms with Crippen LogP contribution in [0.2, 0.25) is 0 Å². The van der Waals surface area contributed by atoms with Gasteiger partial charge in [-0.1, -0.05) is 18.2 Å². The predicted octanol–water partition coefficient (Wildman–Crippen LogP) is 1.74. The van der Waals surface area contributed by atoms with Crippen molar-refractivity contribution in [3.8, 4) is 5.75 Å². The first-order chi connectivity index (χ1) is 19.0. The van der Waals surface area contributed by atoms with E-state index in [0.29, 0.717) is 17.0 Å². The Morgan fingerprint density at radius 1 is 1.15 bits per heavy atom. The SMILES string of the molecule is CNc1cc(N)c(O)c2c1[C@H](CSc1ccccc1)[C@H]1C[C@H]3[C@H](NC)C(O)=C(C(N)=O)C(=O)[C@@]3(O)C(O)=C1C2=O. The third-order valence-electron chi connectivity index (χ3n) is 8.26. The van der Waals surface area contributed by atoms with Gasteiger partial charge in [-0.05, 0) is 43.1 Å². The van der Waals surface area contributed by atoms with Crippen LogP contribution in [0.25, 0.3) is 0 Å². The molecular formula is C28H30N4O7S. The van der Waals surface area contributed by atoms with Crippen molar-refractivity contribution in [3.05, 3.63) is 70.2 Å². The molecule has 0 saturated carbocycles. The van der Waals surface area contributed by atoms with E-state index in [1.165, 1.54) is 24.9 Å². The Morgan fingerprint density at radius 3 is 2.42 bits per heavy atom. The van der Waals surface area contributed by atoms with Crippen LogP contribution in [0.1, 0.15) is 28.3 Å². The number of phenolic OH excluding ortho intramolecular Hbond substituents is 1. The Morgan fingerprint density at radius 2 is 1.82 bits per heavy atom. The number of phenols is 1. The first-order valence-corrected chi connectivity index (χ1v) is 13.6. The Labute approximate surface area is 233 Å². The van der Waals surface area contributed by atoms with E-state index >= 15 is 0 Å². The zero-order valence-electron chi connectivity index (χ0n) is 21.8. The van der Waals surface area contributed by atoms with Crippen molar-refractivity contribution in [2.24, 2.45) is 17.6 Å². The van der Waals surface area contributed by atoms with Gasteiger partial charge in [0, 0.05) is 40.8 Å². The molecule has 0 spiro atoms. The number of nitrogens with two attached hydrogens (primary N) is 2. The zero-order valence-corrected chi connectivity index (χ0v) is 22.6. The number of Topliss-reactive ketones (excluding diaryl/α,β-unsaturated/α-hetero) is 2. The number of anilines is 2. The highest BCUT2D eigenvalue weighted by atomic mass is 32.2. The molecule has 5 rings (SSSR count). The van der Waals surface area contributed by atoms with Crippen LogP contribution >= 0.6 is 11.8 Å². The standard InChI is InChI=1S/C28H30N4O7S/c1-31-16-9-15(29)22(33)19-17(16)13(10-40-11-6-4-3-5-7-11)12-8-14-21(32-2)24(35)20(27(30)38)26(37)28(14,39)25(36)18(12)23(19)34/h3-7,9,12-14,21,31-33,35-36,39H,8,10,29H2,1-2H3,(H2,30,38)/t12-,13-,14+,21+,28+/m1/s1. The third kappa shape index (κ3) is 3.78. The van der Waals surface area contributed by atoms with E-state index in [0.717, 1.165) is 4.90 Å². The molecule has 1 amide bonds. The molecule has 10 N–H and O–H groups in total. The van der Waals surface area contributed by atoms with Crippen LogP contribution in [0.4, 0.5) is 11.4 Å². The molecule has 3 aliphatic carbocycles. The molecule has 0 radical (unpaired) electrons. The van der Waals surface area contributed by atoms with Gasteiger partial charge in [-0.15, -0.1) is 11.8 Å². The lowest BCUT2D eigenvalue weighted by molar-refractivity contribution is -0.146. The lowest BCUT2D eigenvalue weighted by Crippen LogP contribution is -2.64. The van der Waals surface area contributed by atoms with Crippen LogP contribution in [0.15, 0.2) is 64.0 Å². The van der Waals surface area contributed by atoms with Crippen LogP contribution in [0.5, 0.6) is 5.75 Å². The summed E-state index contributed by atoms with van der Waals surface area (Å²) < 4.78 is 0. The van der Waals surface area contributed by atoms with Crippen LogP contribution in [-0.2, 0) is 9.59 Å². The number of benzene rings is 2. The quantitative estimate of drug-likeness (QED) is 0.0830. The summed E-state index contributed by atoms with van der Waals surface area (Å²) in [5.74, 6) is -7.40. The first kappa shape index (κ1) is 27.6. The van der Waals surface area contributed by atoms with Gasteiger partial charge in [0.25, 0.3) is 5.91 Å². The van der Waals surface area contributed by atoms with Crippen molar-refractivity contribution in [2.75, 3.05) is 30.9 Å². The maximum Gasteiger partial charge on any atom is 0.255 e. The zero-order chi connectivity index (χ0) is 29.1. The molecule has 11 nitrogen and oxygen atoms in total. The van der Waals surface area contributed by atoms with Gasteiger partial charge < -0.3 is 42.5 Å². The molecule has 2 aromatic rings. The average molecular weight is 567 g/mol. The number of rotatable bonds is 6. The van der Waals surface area contributed by atoms with Gasteiger partial charge in [0.05, 0.1) is 17.3 Å². The first-order valence-electron chi connectivity index (χ1n) is 12.6. The van der Waals surface area contributed by atoms with Crippen molar-refractivity contribution in [3.63, 3.8) is 0 Å². The maximum absolute atomic E-state index is 14.0. The summed E-state index contributed by atoms with van der Waals surface area (Å²) in [5, 5.41) is 51.0. The molecule has 2 aromatic carbocycles. The number of fused-ring (bicyclic) bond motifs is 3. The number of likely N-dealkylation sites (N-methyl/N-ethyl adjacent to an activating group) is 1. The smallest absolute Gasteiger partial charge is 0.255 e. The van der Waals surface area contributed by atoms with Gasteiger partial charge in [0.15, 0.2) is 11.4 Å². The van der Waals surface area contributed by atoms with Crippen molar-refractivity contribution in [2.45, 2.75) is 28.9 Å². The van der Waals surface area contributed by atoms with E-state index in [1.54, 1.807) is 7.05 Å².